The molecule has 0 amide bonds. The summed E-state index contributed by atoms with van der Waals surface area (Å²) in [7, 11) is -0.879. The van der Waals surface area contributed by atoms with Crippen molar-refractivity contribution in [1.29, 1.82) is 0 Å². The van der Waals surface area contributed by atoms with Gasteiger partial charge in [-0.15, -0.1) is 0 Å². The summed E-state index contributed by atoms with van der Waals surface area (Å²) in [6.45, 7) is 2.79. The van der Waals surface area contributed by atoms with Crippen LogP contribution in [0.3, 0.4) is 0 Å². The monoisotopic (exact) mass is 441 g/mol. The van der Waals surface area contributed by atoms with Crippen LogP contribution in [0.4, 0.5) is 0 Å². The summed E-state index contributed by atoms with van der Waals surface area (Å²) in [6, 6.07) is 11.0. The number of esters is 1. The van der Waals surface area contributed by atoms with Crippen molar-refractivity contribution in [3.05, 3.63) is 53.1 Å². The largest absolute Gasteiger partial charge is 0.494 e. The van der Waals surface area contributed by atoms with Crippen LogP contribution in [0.25, 0.3) is 0 Å². The predicted molar refractivity (Wildman–Crippen MR) is 110 cm³/mol. The molecule has 0 saturated carbocycles. The number of halogens is 1. The number of rotatable bonds is 10. The molecule has 0 atom stereocenters. The third kappa shape index (κ3) is 6.35. The molecule has 0 N–H and O–H groups in total. The zero-order chi connectivity index (χ0) is 21.4. The minimum absolute atomic E-state index is 0.0199. The lowest BCUT2D eigenvalue weighted by Crippen LogP contribution is -2.22. The SMILES string of the molecule is CCCOc1ccc(OCCOC(=O)c2cc(S(=O)(=O)N(C)C)ccc2Cl)cc1. The molecule has 7 nitrogen and oxygen atoms in total. The quantitative estimate of drug-likeness (QED) is 0.413. The molecule has 0 aliphatic rings. The van der Waals surface area contributed by atoms with E-state index in [9.17, 15) is 13.2 Å². The number of hydrogen-bond acceptors (Lipinski definition) is 6. The Morgan fingerprint density at radius 2 is 1.55 bits per heavy atom. The average Bonchev–Trinajstić information content (AvgIpc) is 2.70. The number of nitrogens with zero attached hydrogens (tertiary/aromatic N) is 1. The number of ether oxygens (including phenoxy) is 3. The summed E-state index contributed by atoms with van der Waals surface area (Å²) in [4.78, 5) is 12.2. The Morgan fingerprint density at radius 3 is 2.10 bits per heavy atom. The second-order valence-electron chi connectivity index (χ2n) is 6.23. The molecule has 0 unspecified atom stereocenters. The van der Waals surface area contributed by atoms with Crippen molar-refractivity contribution in [2.45, 2.75) is 18.2 Å². The van der Waals surface area contributed by atoms with Gasteiger partial charge in [0.2, 0.25) is 10.0 Å². The van der Waals surface area contributed by atoms with Crippen LogP contribution in [0.1, 0.15) is 23.7 Å². The average molecular weight is 442 g/mol. The highest BCUT2D eigenvalue weighted by Crippen LogP contribution is 2.23. The maximum atomic E-state index is 12.3. The molecule has 9 heteroatoms. The summed E-state index contributed by atoms with van der Waals surface area (Å²) in [5.41, 5.74) is -0.0213. The van der Waals surface area contributed by atoms with Gasteiger partial charge in [0.25, 0.3) is 0 Å². The van der Waals surface area contributed by atoms with Gasteiger partial charge in [0.15, 0.2) is 0 Å². The van der Waals surface area contributed by atoms with Gasteiger partial charge in [0, 0.05) is 14.1 Å². The summed E-state index contributed by atoms with van der Waals surface area (Å²) in [6.07, 6.45) is 0.928. The third-order valence-corrected chi connectivity index (χ3v) is 5.96. The molecule has 0 fully saturated rings. The van der Waals surface area contributed by atoms with Crippen molar-refractivity contribution in [1.82, 2.24) is 4.31 Å². The van der Waals surface area contributed by atoms with E-state index in [1.54, 1.807) is 24.3 Å². The summed E-state index contributed by atoms with van der Waals surface area (Å²) < 4.78 is 41.7. The smallest absolute Gasteiger partial charge is 0.339 e. The first kappa shape index (κ1) is 23.0. The number of benzene rings is 2. The van der Waals surface area contributed by atoms with Gasteiger partial charge < -0.3 is 14.2 Å². The van der Waals surface area contributed by atoms with Gasteiger partial charge >= 0.3 is 5.97 Å². The molecule has 2 aromatic carbocycles. The first-order valence-corrected chi connectivity index (χ1v) is 10.8. The number of carbonyl (C=O) groups is 1. The number of carbonyl (C=O) groups excluding carboxylic acids is 1. The van der Waals surface area contributed by atoms with Crippen molar-refractivity contribution in [3.8, 4) is 11.5 Å². The van der Waals surface area contributed by atoms with Crippen LogP contribution in [0.2, 0.25) is 5.02 Å². The fraction of sp³-hybridized carbons (Fsp3) is 0.350. The van der Waals surface area contributed by atoms with Crippen molar-refractivity contribution < 1.29 is 27.4 Å². The fourth-order valence-corrected chi connectivity index (χ4v) is 3.38. The molecule has 0 radical (unpaired) electrons. The Bertz CT molecular complexity index is 928. The number of sulfonamides is 1. The minimum Gasteiger partial charge on any atom is -0.494 e. The van der Waals surface area contributed by atoms with Gasteiger partial charge in [-0.05, 0) is 48.9 Å². The first-order valence-electron chi connectivity index (χ1n) is 9.00. The Balaban J connectivity index is 1.91. The van der Waals surface area contributed by atoms with Crippen molar-refractivity contribution >= 4 is 27.6 Å². The number of hydrogen-bond donors (Lipinski definition) is 0. The lowest BCUT2D eigenvalue weighted by atomic mass is 10.2. The highest BCUT2D eigenvalue weighted by molar-refractivity contribution is 7.89. The summed E-state index contributed by atoms with van der Waals surface area (Å²) in [5.74, 6) is 0.646. The second kappa shape index (κ2) is 10.5. The van der Waals surface area contributed by atoms with Crippen LogP contribution in [0, 0.1) is 0 Å². The van der Waals surface area contributed by atoms with Crippen LogP contribution in [-0.4, -0.2) is 52.6 Å². The first-order chi connectivity index (χ1) is 13.8. The van der Waals surface area contributed by atoms with Crippen LogP contribution in [0.15, 0.2) is 47.4 Å². The van der Waals surface area contributed by atoms with Crippen LogP contribution >= 0.6 is 11.6 Å². The molecule has 0 aromatic heterocycles. The van der Waals surface area contributed by atoms with E-state index >= 15 is 0 Å². The second-order valence-corrected chi connectivity index (χ2v) is 8.79. The van der Waals surface area contributed by atoms with Gasteiger partial charge in [-0.3, -0.25) is 0 Å². The standard InChI is InChI=1S/C20H24ClNO6S/c1-4-11-26-15-5-7-16(8-6-15)27-12-13-28-20(23)18-14-17(9-10-19(18)21)29(24,25)22(2)3/h5-10,14H,4,11-13H2,1-3H3. The molecule has 2 aromatic rings. The summed E-state index contributed by atoms with van der Waals surface area (Å²) in [5, 5.41) is 0.108. The van der Waals surface area contributed by atoms with E-state index in [4.69, 9.17) is 25.8 Å². The maximum absolute atomic E-state index is 12.3. The lowest BCUT2D eigenvalue weighted by molar-refractivity contribution is 0.0450. The molecule has 0 saturated heterocycles. The topological polar surface area (TPSA) is 82.1 Å². The molecule has 0 aliphatic carbocycles. The Kier molecular flexibility index (Phi) is 8.31. The molecular formula is C20H24ClNO6S. The van der Waals surface area contributed by atoms with Gasteiger partial charge in [-0.1, -0.05) is 18.5 Å². The normalized spacial score (nSPS) is 11.3. The molecule has 2 rings (SSSR count). The van der Waals surface area contributed by atoms with Crippen molar-refractivity contribution in [2.24, 2.45) is 0 Å². The van der Waals surface area contributed by atoms with Gasteiger partial charge in [0.05, 0.1) is 22.1 Å². The van der Waals surface area contributed by atoms with E-state index in [0.717, 1.165) is 16.5 Å². The fourth-order valence-electron chi connectivity index (χ4n) is 2.26. The Morgan fingerprint density at radius 1 is 0.966 bits per heavy atom. The molecule has 158 valence electrons. The van der Waals surface area contributed by atoms with E-state index in [0.29, 0.717) is 12.4 Å². The van der Waals surface area contributed by atoms with E-state index in [1.807, 2.05) is 6.92 Å². The van der Waals surface area contributed by atoms with E-state index in [1.165, 1.54) is 32.3 Å². The minimum atomic E-state index is -3.69. The molecule has 29 heavy (non-hydrogen) atoms. The van der Waals surface area contributed by atoms with Crippen LogP contribution in [0.5, 0.6) is 11.5 Å². The highest BCUT2D eigenvalue weighted by Gasteiger charge is 2.21. The van der Waals surface area contributed by atoms with Crippen molar-refractivity contribution in [3.63, 3.8) is 0 Å². The molecular weight excluding hydrogens is 418 g/mol. The molecule has 0 heterocycles. The van der Waals surface area contributed by atoms with E-state index < -0.39 is 16.0 Å². The molecule has 0 bridgehead atoms. The van der Waals surface area contributed by atoms with E-state index in [-0.39, 0.29) is 28.7 Å². The Labute approximate surface area is 176 Å². The summed E-state index contributed by atoms with van der Waals surface area (Å²) >= 11 is 6.03. The Hall–Kier alpha value is -2.29. The molecule has 0 aliphatic heterocycles. The van der Waals surface area contributed by atoms with Crippen molar-refractivity contribution in [2.75, 3.05) is 33.9 Å². The zero-order valence-corrected chi connectivity index (χ0v) is 18.1. The van der Waals surface area contributed by atoms with Gasteiger partial charge in [-0.2, -0.15) is 0 Å². The lowest BCUT2D eigenvalue weighted by Gasteiger charge is -2.13. The highest BCUT2D eigenvalue weighted by atomic mass is 35.5. The molecule has 0 spiro atoms. The van der Waals surface area contributed by atoms with Gasteiger partial charge in [-0.25, -0.2) is 17.5 Å². The van der Waals surface area contributed by atoms with Gasteiger partial charge in [0.1, 0.15) is 24.7 Å². The third-order valence-electron chi connectivity index (χ3n) is 3.82. The van der Waals surface area contributed by atoms with E-state index in [2.05, 4.69) is 0 Å². The predicted octanol–water partition coefficient (Wildman–Crippen LogP) is 3.61. The maximum Gasteiger partial charge on any atom is 0.339 e. The van der Waals surface area contributed by atoms with Crippen LogP contribution < -0.4 is 9.47 Å². The zero-order valence-electron chi connectivity index (χ0n) is 16.6. The van der Waals surface area contributed by atoms with Crippen LogP contribution in [-0.2, 0) is 14.8 Å².